The van der Waals surface area contributed by atoms with Crippen molar-refractivity contribution in [1.29, 1.82) is 0 Å². The van der Waals surface area contributed by atoms with Crippen molar-refractivity contribution in [3.8, 4) is 62.1 Å². The molecule has 0 fully saturated rings. The summed E-state index contributed by atoms with van der Waals surface area (Å²) in [6.45, 7) is 0. The molecule has 0 aliphatic rings. The minimum absolute atomic E-state index is 0.0649. The SMILES string of the molecule is [2H]c1c([2H])c([2H])c(-c2cc(-c3c([2H])c([2H])c([2H])c([2H])c3[2H])c3sc4cc(-c5nc(-c6ccccc6)nc(-c6ccc7c8ccccc8n(-c8ccccc8)c7c6)n5)ccc4c3c2)c([2H])c1[2H]. The van der Waals surface area contributed by atoms with Crippen LogP contribution in [0.2, 0.25) is 0 Å². The maximum atomic E-state index is 8.94. The molecule has 0 aliphatic carbocycles. The highest BCUT2D eigenvalue weighted by molar-refractivity contribution is 7.26. The van der Waals surface area contributed by atoms with E-state index in [4.69, 9.17) is 28.7 Å². The van der Waals surface area contributed by atoms with Crippen molar-refractivity contribution in [3.05, 3.63) is 194 Å². The van der Waals surface area contributed by atoms with E-state index in [-0.39, 0.29) is 22.3 Å². The van der Waals surface area contributed by atoms with Crippen molar-refractivity contribution in [2.75, 3.05) is 0 Å². The highest BCUT2D eigenvalue weighted by Crippen LogP contribution is 2.44. The van der Waals surface area contributed by atoms with Gasteiger partial charge in [0.1, 0.15) is 0 Å². The van der Waals surface area contributed by atoms with Gasteiger partial charge in [-0.05, 0) is 59.2 Å². The Kier molecular flexibility index (Phi) is 5.58. The molecule has 0 saturated carbocycles. The summed E-state index contributed by atoms with van der Waals surface area (Å²) >= 11 is 1.34. The lowest BCUT2D eigenvalue weighted by Gasteiger charge is -2.10. The first kappa shape index (κ1) is 23.5. The van der Waals surface area contributed by atoms with Gasteiger partial charge in [-0.1, -0.05) is 151 Å². The lowest BCUT2D eigenvalue weighted by Crippen LogP contribution is -2.00. The van der Waals surface area contributed by atoms with E-state index in [1.807, 2.05) is 84.9 Å². The van der Waals surface area contributed by atoms with Crippen LogP contribution in [0, 0.1) is 0 Å². The Bertz CT molecular complexity index is 3780. The number of aromatic nitrogens is 4. The number of thiophene rings is 1. The molecule has 11 rings (SSSR count). The molecule has 0 atom stereocenters. The van der Waals surface area contributed by atoms with E-state index in [0.717, 1.165) is 48.7 Å². The molecule has 0 amide bonds. The standard InChI is InChI=1S/C51H32N4S/c1-5-15-33(16-6-1)38-29-43(34-17-7-2-8-18-34)48-44(30-38)42-28-26-37(32-47(42)56-48)51-53-49(35-19-9-3-10-20-35)52-50(54-51)36-25-27-41-40-23-13-14-24-45(40)55(46(41)31-36)39-21-11-4-12-22-39/h1-32H/i1D,2D,5D,6D,7D,8D,15D,16D,17D,18D. The van der Waals surface area contributed by atoms with Crippen molar-refractivity contribution in [2.45, 2.75) is 0 Å². The average Bonchev–Trinajstić information content (AvgIpc) is 3.89. The van der Waals surface area contributed by atoms with Gasteiger partial charge in [-0.3, -0.25) is 0 Å². The highest BCUT2D eigenvalue weighted by Gasteiger charge is 2.19. The Morgan fingerprint density at radius 2 is 1.00 bits per heavy atom. The Labute approximate surface area is 341 Å². The van der Waals surface area contributed by atoms with Crippen molar-refractivity contribution in [3.63, 3.8) is 0 Å². The first-order valence-electron chi connectivity index (χ1n) is 23.0. The summed E-state index contributed by atoms with van der Waals surface area (Å²) < 4.78 is 89.4. The van der Waals surface area contributed by atoms with Crippen LogP contribution < -0.4 is 0 Å². The van der Waals surface area contributed by atoms with Gasteiger partial charge in [-0.25, -0.2) is 15.0 Å². The van der Waals surface area contributed by atoms with Crippen LogP contribution in [0.4, 0.5) is 0 Å². The molecule has 0 spiro atoms. The van der Waals surface area contributed by atoms with E-state index in [1.165, 1.54) is 11.3 Å². The topological polar surface area (TPSA) is 43.6 Å². The van der Waals surface area contributed by atoms with E-state index < -0.39 is 60.4 Å². The second-order valence-corrected chi connectivity index (χ2v) is 14.4. The summed E-state index contributed by atoms with van der Waals surface area (Å²) in [6, 6.07) is 38.6. The molecule has 262 valence electrons. The molecule has 56 heavy (non-hydrogen) atoms. The molecule has 0 bridgehead atoms. The van der Waals surface area contributed by atoms with Gasteiger partial charge >= 0.3 is 0 Å². The Morgan fingerprint density at radius 3 is 1.73 bits per heavy atom. The van der Waals surface area contributed by atoms with Crippen molar-refractivity contribution in [2.24, 2.45) is 0 Å². The van der Waals surface area contributed by atoms with Crippen molar-refractivity contribution < 1.29 is 13.7 Å². The van der Waals surface area contributed by atoms with Crippen LogP contribution in [-0.2, 0) is 0 Å². The van der Waals surface area contributed by atoms with Crippen LogP contribution in [0.15, 0.2) is 194 Å². The third kappa shape index (κ3) is 5.48. The smallest absolute Gasteiger partial charge is 0.164 e. The van der Waals surface area contributed by atoms with Gasteiger partial charge in [0.15, 0.2) is 17.5 Å². The Morgan fingerprint density at radius 1 is 0.411 bits per heavy atom. The summed E-state index contributed by atoms with van der Waals surface area (Å²) in [5, 5.41) is 3.55. The van der Waals surface area contributed by atoms with E-state index in [9.17, 15) is 0 Å². The fourth-order valence-corrected chi connectivity index (χ4v) is 8.69. The van der Waals surface area contributed by atoms with Gasteiger partial charge in [-0.15, -0.1) is 11.3 Å². The normalized spacial score (nSPS) is 14.1. The van der Waals surface area contributed by atoms with Crippen LogP contribution in [0.5, 0.6) is 0 Å². The van der Waals surface area contributed by atoms with E-state index in [1.54, 1.807) is 12.1 Å². The number of nitrogens with zero attached hydrogens (tertiary/aromatic N) is 4. The summed E-state index contributed by atoms with van der Waals surface area (Å²) in [4.78, 5) is 15.2. The maximum absolute atomic E-state index is 8.94. The van der Waals surface area contributed by atoms with Gasteiger partial charge in [0.2, 0.25) is 0 Å². The number of hydrogen-bond donors (Lipinski definition) is 0. The lowest BCUT2D eigenvalue weighted by molar-refractivity contribution is 1.07. The minimum atomic E-state index is -0.544. The number of hydrogen-bond acceptors (Lipinski definition) is 4. The lowest BCUT2D eigenvalue weighted by atomic mass is 9.96. The number of benzene rings is 8. The molecule has 4 nitrogen and oxygen atoms in total. The maximum Gasteiger partial charge on any atom is 0.164 e. The molecule has 0 N–H and O–H groups in total. The molecule has 11 aromatic rings. The molecule has 8 aromatic carbocycles. The van der Waals surface area contributed by atoms with E-state index >= 15 is 0 Å². The van der Waals surface area contributed by atoms with Crippen LogP contribution in [0.25, 0.3) is 104 Å². The zero-order valence-electron chi connectivity index (χ0n) is 39.4. The summed E-state index contributed by atoms with van der Waals surface area (Å²) in [6.07, 6.45) is 0. The monoisotopic (exact) mass is 742 g/mol. The van der Waals surface area contributed by atoms with Gasteiger partial charge in [0, 0.05) is 58.9 Å². The molecular weight excluding hydrogens is 701 g/mol. The first-order valence-corrected chi connectivity index (χ1v) is 18.8. The fourth-order valence-electron chi connectivity index (χ4n) is 7.44. The van der Waals surface area contributed by atoms with Gasteiger partial charge in [-0.2, -0.15) is 0 Å². The molecule has 0 unspecified atom stereocenters. The highest BCUT2D eigenvalue weighted by atomic mass is 32.1. The second-order valence-electron chi connectivity index (χ2n) is 13.3. The molecule has 0 aliphatic heterocycles. The van der Waals surface area contributed by atoms with Gasteiger partial charge in [0.05, 0.1) is 24.7 Å². The molecule has 0 radical (unpaired) electrons. The van der Waals surface area contributed by atoms with Gasteiger partial charge in [0.25, 0.3) is 0 Å². The molecule has 5 heteroatoms. The van der Waals surface area contributed by atoms with Gasteiger partial charge < -0.3 is 4.57 Å². The second kappa shape index (κ2) is 13.3. The molecule has 3 aromatic heterocycles. The van der Waals surface area contributed by atoms with Crippen molar-refractivity contribution in [1.82, 2.24) is 19.5 Å². The third-order valence-corrected chi connectivity index (χ3v) is 11.2. The molecule has 0 saturated heterocycles. The summed E-state index contributed by atoms with van der Waals surface area (Å²) in [5.41, 5.74) is 5.72. The predicted octanol–water partition coefficient (Wildman–Crippen LogP) is 13.7. The van der Waals surface area contributed by atoms with E-state index in [2.05, 4.69) is 41.0 Å². The number of rotatable bonds is 6. The Hall–Kier alpha value is -7.21. The predicted molar refractivity (Wildman–Crippen MR) is 234 cm³/mol. The zero-order chi connectivity index (χ0) is 45.7. The number of para-hydroxylation sites is 2. The minimum Gasteiger partial charge on any atom is -0.309 e. The Balaban J connectivity index is 1.14. The molecule has 3 heterocycles. The zero-order valence-corrected chi connectivity index (χ0v) is 30.2. The fraction of sp³-hybridized carbons (Fsp3) is 0. The van der Waals surface area contributed by atoms with Crippen LogP contribution in [0.1, 0.15) is 13.7 Å². The molecular formula is C51H32N4S. The van der Waals surface area contributed by atoms with Crippen LogP contribution in [0.3, 0.4) is 0 Å². The van der Waals surface area contributed by atoms with E-state index in [0.29, 0.717) is 33.1 Å². The average molecular weight is 743 g/mol. The van der Waals surface area contributed by atoms with Crippen LogP contribution in [-0.4, -0.2) is 19.5 Å². The third-order valence-electron chi connectivity index (χ3n) is 10.0. The van der Waals surface area contributed by atoms with Crippen molar-refractivity contribution >= 4 is 53.3 Å². The summed E-state index contributed by atoms with van der Waals surface area (Å²) in [7, 11) is 0. The largest absolute Gasteiger partial charge is 0.309 e. The quantitative estimate of drug-likeness (QED) is 0.170. The number of fused-ring (bicyclic) bond motifs is 6. The van der Waals surface area contributed by atoms with Crippen LogP contribution >= 0.6 is 11.3 Å². The summed E-state index contributed by atoms with van der Waals surface area (Å²) in [5.74, 6) is 1.35. The first-order chi connectivity index (χ1) is 31.9.